The summed E-state index contributed by atoms with van der Waals surface area (Å²) in [4.78, 5) is 27.3. The monoisotopic (exact) mass is 391 g/mol. The van der Waals surface area contributed by atoms with Gasteiger partial charge in [-0.15, -0.1) is 0 Å². The number of aryl methyl sites for hydroxylation is 1. The van der Waals surface area contributed by atoms with Crippen molar-refractivity contribution in [3.8, 4) is 0 Å². The molecule has 1 aliphatic rings. The van der Waals surface area contributed by atoms with Gasteiger partial charge >= 0.3 is 5.97 Å². The molecule has 0 saturated carbocycles. The lowest BCUT2D eigenvalue weighted by Gasteiger charge is -2.13. The van der Waals surface area contributed by atoms with Crippen LogP contribution in [0.15, 0.2) is 32.5 Å². The largest absolute Gasteiger partial charge is 0.475 e. The quantitative estimate of drug-likeness (QED) is 0.782. The number of fused-ring (bicyclic) bond motifs is 1. The Morgan fingerprint density at radius 1 is 1.38 bits per heavy atom. The number of carboxylic acids is 1. The Labute approximate surface area is 145 Å². The standard InChI is InChI=1S/C16H14BrN3O4/c1-8-13-11(3-2-4-12(13)24-14(8)16(22)23)19-20-15(21)9-5-10(17)7-18-6-9/h5-7H,2-4H2,1H3,(H,20,21)(H,22,23)/b19-11+. The van der Waals surface area contributed by atoms with Crippen molar-refractivity contribution >= 4 is 33.5 Å². The third-order valence-electron chi connectivity index (χ3n) is 3.78. The molecule has 0 unspecified atom stereocenters. The molecule has 1 aliphatic carbocycles. The van der Waals surface area contributed by atoms with Crippen LogP contribution in [0.2, 0.25) is 0 Å². The zero-order valence-corrected chi connectivity index (χ0v) is 14.4. The van der Waals surface area contributed by atoms with Gasteiger partial charge in [-0.05, 0) is 41.8 Å². The molecule has 3 rings (SSSR count). The molecule has 2 aromatic rings. The number of furan rings is 1. The van der Waals surface area contributed by atoms with Crippen LogP contribution in [-0.2, 0) is 6.42 Å². The van der Waals surface area contributed by atoms with Gasteiger partial charge < -0.3 is 9.52 Å². The number of nitrogens with one attached hydrogen (secondary N) is 1. The van der Waals surface area contributed by atoms with Gasteiger partial charge in [-0.25, -0.2) is 10.2 Å². The smallest absolute Gasteiger partial charge is 0.372 e. The average Bonchev–Trinajstić information content (AvgIpc) is 2.90. The summed E-state index contributed by atoms with van der Waals surface area (Å²) in [6.07, 6.45) is 5.11. The summed E-state index contributed by atoms with van der Waals surface area (Å²) in [5.74, 6) is -0.959. The van der Waals surface area contributed by atoms with Crippen molar-refractivity contribution in [3.63, 3.8) is 0 Å². The Kier molecular flexibility index (Phi) is 4.48. The number of pyridine rings is 1. The van der Waals surface area contributed by atoms with Crippen molar-refractivity contribution in [1.82, 2.24) is 10.4 Å². The first-order valence-corrected chi connectivity index (χ1v) is 8.10. The van der Waals surface area contributed by atoms with Crippen molar-refractivity contribution in [2.75, 3.05) is 0 Å². The first-order chi connectivity index (χ1) is 11.5. The van der Waals surface area contributed by atoms with Gasteiger partial charge in [-0.2, -0.15) is 5.10 Å². The fourth-order valence-corrected chi connectivity index (χ4v) is 3.07. The molecule has 8 heteroatoms. The molecule has 0 spiro atoms. The maximum Gasteiger partial charge on any atom is 0.372 e. The second-order valence-corrected chi connectivity index (χ2v) is 6.32. The maximum atomic E-state index is 12.2. The second kappa shape index (κ2) is 6.56. The third-order valence-corrected chi connectivity index (χ3v) is 4.21. The summed E-state index contributed by atoms with van der Waals surface area (Å²) in [6, 6.07) is 1.64. The Balaban J connectivity index is 1.88. The van der Waals surface area contributed by atoms with E-state index in [-0.39, 0.29) is 11.7 Å². The minimum Gasteiger partial charge on any atom is -0.475 e. The van der Waals surface area contributed by atoms with Crippen LogP contribution < -0.4 is 5.43 Å². The molecule has 2 heterocycles. The summed E-state index contributed by atoms with van der Waals surface area (Å²) < 4.78 is 6.12. The van der Waals surface area contributed by atoms with Gasteiger partial charge in [0.1, 0.15) is 5.76 Å². The number of carboxylic acid groups (broad SMARTS) is 1. The minimum atomic E-state index is -1.11. The van der Waals surface area contributed by atoms with Gasteiger partial charge in [-0.3, -0.25) is 9.78 Å². The van der Waals surface area contributed by atoms with Gasteiger partial charge in [-0.1, -0.05) is 0 Å². The van der Waals surface area contributed by atoms with E-state index in [2.05, 4.69) is 31.4 Å². The molecule has 124 valence electrons. The summed E-state index contributed by atoms with van der Waals surface area (Å²) >= 11 is 3.26. The lowest BCUT2D eigenvalue weighted by molar-refractivity contribution is 0.0659. The van der Waals surface area contributed by atoms with Crippen LogP contribution in [0.3, 0.4) is 0 Å². The minimum absolute atomic E-state index is 0.0721. The van der Waals surface area contributed by atoms with Gasteiger partial charge in [0.15, 0.2) is 0 Å². The van der Waals surface area contributed by atoms with E-state index in [0.717, 1.165) is 6.42 Å². The van der Waals surface area contributed by atoms with E-state index < -0.39 is 5.97 Å². The van der Waals surface area contributed by atoms with E-state index >= 15 is 0 Å². The lowest BCUT2D eigenvalue weighted by Crippen LogP contribution is -2.22. The molecule has 0 aliphatic heterocycles. The van der Waals surface area contributed by atoms with E-state index in [1.165, 1.54) is 6.20 Å². The van der Waals surface area contributed by atoms with Crippen LogP contribution in [0.5, 0.6) is 0 Å². The summed E-state index contributed by atoms with van der Waals surface area (Å²) in [6.45, 7) is 1.69. The van der Waals surface area contributed by atoms with E-state index in [1.807, 2.05) is 0 Å². The number of nitrogens with zero attached hydrogens (tertiary/aromatic N) is 2. The van der Waals surface area contributed by atoms with E-state index in [1.54, 1.807) is 19.2 Å². The van der Waals surface area contributed by atoms with Gasteiger partial charge in [0.05, 0.1) is 11.3 Å². The summed E-state index contributed by atoms with van der Waals surface area (Å²) in [7, 11) is 0. The van der Waals surface area contributed by atoms with Crippen molar-refractivity contribution in [2.24, 2.45) is 5.10 Å². The van der Waals surface area contributed by atoms with Crippen LogP contribution in [0.1, 0.15) is 50.6 Å². The number of amides is 1. The molecule has 0 radical (unpaired) electrons. The summed E-state index contributed by atoms with van der Waals surface area (Å²) in [5.41, 5.74) is 4.73. The number of rotatable bonds is 3. The van der Waals surface area contributed by atoms with Gasteiger partial charge in [0.2, 0.25) is 5.76 Å². The second-order valence-electron chi connectivity index (χ2n) is 5.40. The van der Waals surface area contributed by atoms with Crippen molar-refractivity contribution in [3.05, 3.63) is 51.1 Å². The molecule has 1 amide bonds. The zero-order chi connectivity index (χ0) is 17.3. The number of halogens is 1. The van der Waals surface area contributed by atoms with Crippen LogP contribution in [0, 0.1) is 6.92 Å². The van der Waals surface area contributed by atoms with Gasteiger partial charge in [0.25, 0.3) is 5.91 Å². The van der Waals surface area contributed by atoms with E-state index in [9.17, 15) is 14.7 Å². The highest BCUT2D eigenvalue weighted by atomic mass is 79.9. The molecule has 0 aromatic carbocycles. The molecule has 7 nitrogen and oxygen atoms in total. The van der Waals surface area contributed by atoms with Crippen molar-refractivity contribution in [2.45, 2.75) is 26.2 Å². The molecule has 0 fully saturated rings. The van der Waals surface area contributed by atoms with Crippen LogP contribution in [-0.4, -0.2) is 27.7 Å². The predicted molar refractivity (Wildman–Crippen MR) is 89.3 cm³/mol. The fourth-order valence-electron chi connectivity index (χ4n) is 2.70. The van der Waals surface area contributed by atoms with Gasteiger partial charge in [0, 0.05) is 34.4 Å². The highest BCUT2D eigenvalue weighted by Crippen LogP contribution is 2.29. The SMILES string of the molecule is Cc1c(C(=O)O)oc2c1/C(=N/NC(=O)c1cncc(Br)c1)CCC2. The van der Waals surface area contributed by atoms with Crippen molar-refractivity contribution in [1.29, 1.82) is 0 Å². The topological polar surface area (TPSA) is 105 Å². The molecule has 0 atom stereocenters. The molecule has 0 saturated heterocycles. The number of aromatic nitrogens is 1. The molecule has 2 aromatic heterocycles. The van der Waals surface area contributed by atoms with Crippen LogP contribution in [0.4, 0.5) is 0 Å². The number of carbonyl (C=O) groups is 2. The molecule has 24 heavy (non-hydrogen) atoms. The van der Waals surface area contributed by atoms with Crippen LogP contribution in [0.25, 0.3) is 0 Å². The Bertz CT molecular complexity index is 857. The number of hydrogen-bond donors (Lipinski definition) is 2. The average molecular weight is 392 g/mol. The Morgan fingerprint density at radius 3 is 2.88 bits per heavy atom. The third kappa shape index (κ3) is 3.09. The van der Waals surface area contributed by atoms with Crippen LogP contribution >= 0.6 is 15.9 Å². The molecular weight excluding hydrogens is 378 g/mol. The van der Waals surface area contributed by atoms with Crippen molar-refractivity contribution < 1.29 is 19.1 Å². The zero-order valence-electron chi connectivity index (χ0n) is 12.8. The Morgan fingerprint density at radius 2 is 2.17 bits per heavy atom. The molecule has 2 N–H and O–H groups in total. The Hall–Kier alpha value is -2.48. The number of aromatic carboxylic acids is 1. The molecular formula is C16H14BrN3O4. The number of hydrogen-bond acceptors (Lipinski definition) is 5. The highest BCUT2D eigenvalue weighted by molar-refractivity contribution is 9.10. The normalized spacial score (nSPS) is 15.2. The first-order valence-electron chi connectivity index (χ1n) is 7.30. The fraction of sp³-hybridized carbons (Fsp3) is 0.250. The van der Waals surface area contributed by atoms with E-state index in [4.69, 9.17) is 4.42 Å². The molecule has 0 bridgehead atoms. The first kappa shape index (κ1) is 16.4. The maximum absolute atomic E-state index is 12.2. The summed E-state index contributed by atoms with van der Waals surface area (Å²) in [5, 5.41) is 13.4. The lowest BCUT2D eigenvalue weighted by atomic mass is 9.93. The van der Waals surface area contributed by atoms with E-state index in [0.29, 0.717) is 45.5 Å². The number of hydrazone groups is 1. The predicted octanol–water partition coefficient (Wildman–Crippen LogP) is 2.91. The number of carbonyl (C=O) groups excluding carboxylic acids is 1. The highest BCUT2D eigenvalue weighted by Gasteiger charge is 2.27.